The van der Waals surface area contributed by atoms with E-state index < -0.39 is 50.0 Å². The van der Waals surface area contributed by atoms with Crippen LogP contribution in [-0.4, -0.2) is 64.5 Å². The molecule has 14 heteroatoms. The molecule has 23 heavy (non-hydrogen) atoms. The Morgan fingerprint density at radius 3 is 2.26 bits per heavy atom. The first kappa shape index (κ1) is 19.6. The number of aromatic amines is 1. The summed E-state index contributed by atoms with van der Waals surface area (Å²) < 4.78 is 28.3. The molecule has 1 saturated heterocycles. The van der Waals surface area contributed by atoms with Crippen LogP contribution < -0.4 is 11.2 Å². The molecule has 0 spiro atoms. The molecule has 0 aliphatic carbocycles. The quantitative estimate of drug-likeness (QED) is 0.257. The van der Waals surface area contributed by atoms with Crippen molar-refractivity contribution in [1.29, 1.82) is 0 Å². The zero-order valence-corrected chi connectivity index (χ0v) is 12.1. The molecule has 0 amide bonds. The van der Waals surface area contributed by atoms with Crippen LogP contribution >= 0.6 is 7.82 Å². The molecule has 0 unspecified atom stereocenters. The number of rotatable bonds is 2. The van der Waals surface area contributed by atoms with Crippen LogP contribution in [0.4, 0.5) is 4.39 Å². The molecule has 7 N–H and O–H groups in total. The van der Waals surface area contributed by atoms with Gasteiger partial charge in [0, 0.05) is 12.3 Å². The van der Waals surface area contributed by atoms with Gasteiger partial charge >= 0.3 is 19.5 Å². The number of aliphatic hydroxyl groups is 3. The third-order valence-electron chi connectivity index (χ3n) is 2.72. The molecule has 2 heterocycles. The van der Waals surface area contributed by atoms with E-state index in [-0.39, 0.29) is 0 Å². The highest BCUT2D eigenvalue weighted by atomic mass is 31.2. The smallest absolute Gasteiger partial charge is 0.394 e. The Morgan fingerprint density at radius 1 is 1.35 bits per heavy atom. The molecule has 1 aromatic rings. The highest BCUT2D eigenvalue weighted by molar-refractivity contribution is 7.45. The van der Waals surface area contributed by atoms with Crippen molar-refractivity contribution in [2.24, 2.45) is 0 Å². The third kappa shape index (κ3) is 4.76. The van der Waals surface area contributed by atoms with E-state index in [1.165, 1.54) is 0 Å². The Kier molecular flexibility index (Phi) is 5.95. The minimum Gasteiger partial charge on any atom is -0.394 e. The summed E-state index contributed by atoms with van der Waals surface area (Å²) in [5.74, 6) is -3.05. The van der Waals surface area contributed by atoms with Crippen molar-refractivity contribution < 1.29 is 43.7 Å². The van der Waals surface area contributed by atoms with Gasteiger partial charge < -0.3 is 34.7 Å². The van der Waals surface area contributed by atoms with Crippen LogP contribution in [0, 0.1) is 0 Å². The fraction of sp³-hybridized carbons (Fsp3) is 0.556. The van der Waals surface area contributed by atoms with Crippen molar-refractivity contribution >= 4 is 7.82 Å². The summed E-state index contributed by atoms with van der Waals surface area (Å²) >= 11 is 0. The van der Waals surface area contributed by atoms with E-state index in [1.807, 2.05) is 0 Å². The zero-order valence-electron chi connectivity index (χ0n) is 11.2. The Labute approximate surface area is 126 Å². The monoisotopic (exact) mass is 360 g/mol. The van der Waals surface area contributed by atoms with Gasteiger partial charge in [-0.3, -0.25) is 9.78 Å². The standard InChI is InChI=1S/C9H11FN2O6.H3O4P/c10-9(7(16)6(15)4(3-13)18-9)12-2-1-5(14)11-8(12)17;1-5(2,3)4/h1-2,4,6-7,13,15-16H,3H2,(H,11,14,17);(H3,1,2,3,4)/t4-,6-,7-,9+;/m1./s1. The van der Waals surface area contributed by atoms with Crippen LogP contribution in [-0.2, 0) is 15.3 Å². The second-order valence-corrected chi connectivity index (χ2v) is 5.40. The molecule has 1 fully saturated rings. The normalized spacial score (nSPS) is 30.7. The molecule has 1 aromatic heterocycles. The maximum Gasteiger partial charge on any atom is 0.466 e. The number of hydrogen-bond acceptors (Lipinski definition) is 7. The number of aliphatic hydroxyl groups excluding tert-OH is 3. The minimum absolute atomic E-state index is 0.304. The van der Waals surface area contributed by atoms with E-state index in [0.29, 0.717) is 4.57 Å². The molecule has 0 bridgehead atoms. The Hall–Kier alpha value is -1.44. The Morgan fingerprint density at radius 2 is 1.87 bits per heavy atom. The lowest BCUT2D eigenvalue weighted by atomic mass is 10.1. The number of hydrogen-bond donors (Lipinski definition) is 7. The number of halogens is 1. The predicted molar refractivity (Wildman–Crippen MR) is 68.6 cm³/mol. The number of phosphoric acid groups is 1. The lowest BCUT2D eigenvalue weighted by Gasteiger charge is -2.24. The van der Waals surface area contributed by atoms with Crippen LogP contribution in [0.1, 0.15) is 0 Å². The molecule has 1 aliphatic rings. The van der Waals surface area contributed by atoms with E-state index in [2.05, 4.69) is 4.74 Å². The second-order valence-electron chi connectivity index (χ2n) is 4.38. The predicted octanol–water partition coefficient (Wildman–Crippen LogP) is -3.70. The summed E-state index contributed by atoms with van der Waals surface area (Å²) in [4.78, 5) is 45.6. The van der Waals surface area contributed by atoms with Crippen molar-refractivity contribution in [3.63, 3.8) is 0 Å². The number of nitrogens with zero attached hydrogens (tertiary/aromatic N) is 1. The van der Waals surface area contributed by atoms with Gasteiger partial charge in [-0.15, -0.1) is 0 Å². The molecule has 4 atom stereocenters. The van der Waals surface area contributed by atoms with E-state index in [4.69, 9.17) is 24.4 Å². The topological polar surface area (TPSA) is 203 Å². The van der Waals surface area contributed by atoms with Gasteiger partial charge in [-0.05, 0) is 0 Å². The third-order valence-corrected chi connectivity index (χ3v) is 2.72. The Balaban J connectivity index is 0.000000463. The first-order valence-corrected chi connectivity index (χ1v) is 7.41. The van der Waals surface area contributed by atoms with Crippen molar-refractivity contribution in [2.75, 3.05) is 6.61 Å². The van der Waals surface area contributed by atoms with Crippen molar-refractivity contribution in [2.45, 2.75) is 24.3 Å². The summed E-state index contributed by atoms with van der Waals surface area (Å²) in [6, 6.07) is 0.859. The summed E-state index contributed by atoms with van der Waals surface area (Å²) in [5.41, 5.74) is -1.89. The van der Waals surface area contributed by atoms with Crippen LogP contribution in [0.5, 0.6) is 0 Å². The maximum absolute atomic E-state index is 14.4. The molecule has 2 rings (SSSR count). The largest absolute Gasteiger partial charge is 0.466 e. The van der Waals surface area contributed by atoms with Crippen LogP contribution in [0.2, 0.25) is 0 Å². The van der Waals surface area contributed by atoms with Gasteiger partial charge in [-0.2, -0.15) is 4.39 Å². The molecule has 0 radical (unpaired) electrons. The van der Waals surface area contributed by atoms with Crippen molar-refractivity contribution in [1.82, 2.24) is 9.55 Å². The number of alkyl halides is 1. The number of nitrogens with one attached hydrogen (secondary N) is 1. The van der Waals surface area contributed by atoms with E-state index in [1.54, 1.807) is 4.98 Å². The molecular weight excluding hydrogens is 346 g/mol. The molecule has 0 saturated carbocycles. The van der Waals surface area contributed by atoms with Gasteiger partial charge in [0.2, 0.25) is 0 Å². The van der Waals surface area contributed by atoms with Crippen LogP contribution in [0.15, 0.2) is 21.9 Å². The fourth-order valence-electron chi connectivity index (χ4n) is 1.77. The summed E-state index contributed by atoms with van der Waals surface area (Å²) in [5, 5.41) is 27.8. The molecule has 0 aromatic carbocycles. The second kappa shape index (κ2) is 6.98. The number of aromatic nitrogens is 2. The average Bonchev–Trinajstić information content (AvgIpc) is 2.61. The van der Waals surface area contributed by atoms with Gasteiger partial charge in [0.05, 0.1) is 6.61 Å². The van der Waals surface area contributed by atoms with Gasteiger partial charge in [-0.1, -0.05) is 0 Å². The molecule has 12 nitrogen and oxygen atoms in total. The van der Waals surface area contributed by atoms with E-state index >= 15 is 0 Å². The summed E-state index contributed by atoms with van der Waals surface area (Å²) in [6.45, 7) is -0.734. The van der Waals surface area contributed by atoms with E-state index in [0.717, 1.165) is 12.3 Å². The van der Waals surface area contributed by atoms with Gasteiger partial charge in [0.1, 0.15) is 12.2 Å². The van der Waals surface area contributed by atoms with Gasteiger partial charge in [-0.25, -0.2) is 13.9 Å². The van der Waals surface area contributed by atoms with Crippen LogP contribution in [0.25, 0.3) is 0 Å². The van der Waals surface area contributed by atoms with Gasteiger partial charge in [0.25, 0.3) is 5.56 Å². The van der Waals surface area contributed by atoms with Crippen LogP contribution in [0.3, 0.4) is 0 Å². The first-order valence-electron chi connectivity index (χ1n) is 5.84. The lowest BCUT2D eigenvalue weighted by Crippen LogP contribution is -2.48. The highest BCUT2D eigenvalue weighted by Gasteiger charge is 2.57. The number of H-pyrrole nitrogens is 1. The van der Waals surface area contributed by atoms with E-state index in [9.17, 15) is 24.2 Å². The minimum atomic E-state index is -4.64. The van der Waals surface area contributed by atoms with Gasteiger partial charge in [0.15, 0.2) is 6.10 Å². The molecular formula is C9H14FN2O10P. The Bertz CT molecular complexity index is 692. The fourth-order valence-corrected chi connectivity index (χ4v) is 1.77. The molecule has 132 valence electrons. The SMILES string of the molecule is O=P(O)(O)O.O=c1ccn([C@]2(F)O[C@H](CO)[C@@H](O)[C@H]2O)c(=O)[nH]1. The average molecular weight is 360 g/mol. The summed E-state index contributed by atoms with van der Waals surface area (Å²) in [7, 11) is -4.64. The first-order chi connectivity index (χ1) is 10.4. The molecule has 1 aliphatic heterocycles. The summed E-state index contributed by atoms with van der Waals surface area (Å²) in [6.07, 6.45) is -4.35. The maximum atomic E-state index is 14.4. The lowest BCUT2D eigenvalue weighted by molar-refractivity contribution is -0.239. The highest BCUT2D eigenvalue weighted by Crippen LogP contribution is 2.35. The van der Waals surface area contributed by atoms with Crippen molar-refractivity contribution in [3.8, 4) is 0 Å². The van der Waals surface area contributed by atoms with Crippen molar-refractivity contribution in [3.05, 3.63) is 33.1 Å². The zero-order chi connectivity index (χ0) is 18.0. The number of ether oxygens (including phenoxy) is 1.